The predicted molar refractivity (Wildman–Crippen MR) is 98.7 cm³/mol. The van der Waals surface area contributed by atoms with E-state index in [1.165, 1.54) is 12.1 Å². The largest absolute Gasteiger partial charge is 0.366 e. The van der Waals surface area contributed by atoms with E-state index in [1.807, 2.05) is 6.07 Å². The third-order valence-electron chi connectivity index (χ3n) is 4.34. The van der Waals surface area contributed by atoms with E-state index in [0.29, 0.717) is 10.7 Å². The minimum absolute atomic E-state index is 0.0790. The highest BCUT2D eigenvalue weighted by Gasteiger charge is 2.19. The molecule has 0 spiro atoms. The Balaban J connectivity index is 1.86. The lowest BCUT2D eigenvalue weighted by Gasteiger charge is -2.16. The fourth-order valence-corrected chi connectivity index (χ4v) is 3.07. The van der Waals surface area contributed by atoms with E-state index in [4.69, 9.17) is 17.3 Å². The SMILES string of the molecule is CC(NC(=O)c1cc2ccc(Cl)cc2n1C)c1ccc(C(N)=O)cc1F. The van der Waals surface area contributed by atoms with E-state index in [2.05, 4.69) is 5.32 Å². The number of amides is 2. The van der Waals surface area contributed by atoms with E-state index < -0.39 is 17.8 Å². The molecule has 0 aliphatic heterocycles. The number of aryl methyl sites for hydroxylation is 1. The first-order valence-electron chi connectivity index (χ1n) is 7.93. The van der Waals surface area contributed by atoms with Crippen molar-refractivity contribution in [2.75, 3.05) is 0 Å². The average molecular weight is 374 g/mol. The van der Waals surface area contributed by atoms with Crippen molar-refractivity contribution in [2.45, 2.75) is 13.0 Å². The zero-order valence-electron chi connectivity index (χ0n) is 14.2. The second-order valence-electron chi connectivity index (χ2n) is 6.09. The van der Waals surface area contributed by atoms with Gasteiger partial charge in [-0.25, -0.2) is 4.39 Å². The summed E-state index contributed by atoms with van der Waals surface area (Å²) in [7, 11) is 1.76. The Bertz CT molecular complexity index is 1030. The molecule has 7 heteroatoms. The molecule has 0 aliphatic carbocycles. The minimum Gasteiger partial charge on any atom is -0.366 e. The van der Waals surface area contributed by atoms with Gasteiger partial charge >= 0.3 is 0 Å². The van der Waals surface area contributed by atoms with Crippen molar-refractivity contribution in [1.29, 1.82) is 0 Å². The number of nitrogens with one attached hydrogen (secondary N) is 1. The van der Waals surface area contributed by atoms with Crippen LogP contribution in [0.3, 0.4) is 0 Å². The molecular weight excluding hydrogens is 357 g/mol. The van der Waals surface area contributed by atoms with Crippen molar-refractivity contribution >= 4 is 34.3 Å². The highest BCUT2D eigenvalue weighted by molar-refractivity contribution is 6.31. The summed E-state index contributed by atoms with van der Waals surface area (Å²) in [6.45, 7) is 1.67. The van der Waals surface area contributed by atoms with Crippen LogP contribution in [-0.2, 0) is 7.05 Å². The number of hydrogen-bond donors (Lipinski definition) is 2. The van der Waals surface area contributed by atoms with Gasteiger partial charge in [-0.2, -0.15) is 0 Å². The van der Waals surface area contributed by atoms with Crippen LogP contribution in [0.1, 0.15) is 39.4 Å². The molecule has 5 nitrogen and oxygen atoms in total. The molecule has 0 saturated carbocycles. The maximum Gasteiger partial charge on any atom is 0.268 e. The molecule has 3 N–H and O–H groups in total. The predicted octanol–water partition coefficient (Wildman–Crippen LogP) is 3.56. The van der Waals surface area contributed by atoms with Crippen molar-refractivity contribution in [3.63, 3.8) is 0 Å². The molecule has 3 aromatic rings. The van der Waals surface area contributed by atoms with Crippen molar-refractivity contribution in [3.05, 3.63) is 70.1 Å². The van der Waals surface area contributed by atoms with Crippen LogP contribution in [0.2, 0.25) is 5.02 Å². The lowest BCUT2D eigenvalue weighted by atomic mass is 10.0. The van der Waals surface area contributed by atoms with Gasteiger partial charge in [-0.15, -0.1) is 0 Å². The second-order valence-corrected chi connectivity index (χ2v) is 6.52. The van der Waals surface area contributed by atoms with Gasteiger partial charge in [-0.05, 0) is 37.3 Å². The van der Waals surface area contributed by atoms with Gasteiger partial charge in [0.15, 0.2) is 0 Å². The molecule has 3 rings (SSSR count). The van der Waals surface area contributed by atoms with Crippen LogP contribution < -0.4 is 11.1 Å². The molecule has 0 radical (unpaired) electrons. The molecular formula is C19H17ClFN3O2. The number of aromatic nitrogens is 1. The smallest absolute Gasteiger partial charge is 0.268 e. The number of carbonyl (C=O) groups excluding carboxylic acids is 2. The third-order valence-corrected chi connectivity index (χ3v) is 4.57. The Morgan fingerprint density at radius 1 is 1.19 bits per heavy atom. The fraction of sp³-hybridized carbons (Fsp3) is 0.158. The van der Waals surface area contributed by atoms with E-state index in [-0.39, 0.29) is 17.0 Å². The number of halogens is 2. The van der Waals surface area contributed by atoms with Gasteiger partial charge in [-0.3, -0.25) is 9.59 Å². The molecule has 1 unspecified atom stereocenters. The average Bonchev–Trinajstić information content (AvgIpc) is 2.91. The maximum atomic E-state index is 14.2. The van der Waals surface area contributed by atoms with Gasteiger partial charge < -0.3 is 15.6 Å². The van der Waals surface area contributed by atoms with Crippen molar-refractivity contribution in [1.82, 2.24) is 9.88 Å². The number of nitrogens with two attached hydrogens (primary N) is 1. The summed E-state index contributed by atoms with van der Waals surface area (Å²) in [4.78, 5) is 23.7. The van der Waals surface area contributed by atoms with Crippen molar-refractivity contribution in [3.8, 4) is 0 Å². The number of carbonyl (C=O) groups is 2. The van der Waals surface area contributed by atoms with Crippen LogP contribution in [0.25, 0.3) is 10.9 Å². The van der Waals surface area contributed by atoms with E-state index in [1.54, 1.807) is 36.7 Å². The monoisotopic (exact) mass is 373 g/mol. The van der Waals surface area contributed by atoms with Crippen LogP contribution in [0.4, 0.5) is 4.39 Å². The quantitative estimate of drug-likeness (QED) is 0.733. The highest BCUT2D eigenvalue weighted by atomic mass is 35.5. The summed E-state index contributed by atoms with van der Waals surface area (Å²) in [6, 6.07) is 10.5. The molecule has 0 saturated heterocycles. The molecule has 0 fully saturated rings. The molecule has 2 amide bonds. The second kappa shape index (κ2) is 6.80. The lowest BCUT2D eigenvalue weighted by Crippen LogP contribution is -2.28. The number of primary amides is 1. The summed E-state index contributed by atoms with van der Waals surface area (Å²) in [5.74, 6) is -1.65. The van der Waals surface area contributed by atoms with Gasteiger partial charge in [0.1, 0.15) is 11.5 Å². The van der Waals surface area contributed by atoms with Crippen LogP contribution >= 0.6 is 11.6 Å². The minimum atomic E-state index is -0.707. The van der Waals surface area contributed by atoms with Crippen LogP contribution in [0.5, 0.6) is 0 Å². The first-order valence-corrected chi connectivity index (χ1v) is 8.31. The molecule has 1 heterocycles. The molecule has 1 aromatic heterocycles. The normalized spacial score (nSPS) is 12.2. The first-order chi connectivity index (χ1) is 12.3. The standard InChI is InChI=1S/C19H17ClFN3O2/c1-10(14-6-4-12(18(22)25)7-15(14)21)23-19(26)17-8-11-3-5-13(20)9-16(11)24(17)2/h3-10H,1-2H3,(H2,22,25)(H,23,26). The van der Waals surface area contributed by atoms with Crippen molar-refractivity contribution in [2.24, 2.45) is 12.8 Å². The van der Waals surface area contributed by atoms with E-state index >= 15 is 0 Å². The molecule has 134 valence electrons. The van der Waals surface area contributed by atoms with Crippen LogP contribution in [-0.4, -0.2) is 16.4 Å². The molecule has 0 bridgehead atoms. The van der Waals surface area contributed by atoms with Gasteiger partial charge in [0.25, 0.3) is 5.91 Å². The molecule has 26 heavy (non-hydrogen) atoms. The zero-order valence-corrected chi connectivity index (χ0v) is 15.0. The van der Waals surface area contributed by atoms with Gasteiger partial charge in [0.2, 0.25) is 5.91 Å². The number of rotatable bonds is 4. The summed E-state index contributed by atoms with van der Waals surface area (Å²) >= 11 is 6.01. The Morgan fingerprint density at radius 2 is 1.92 bits per heavy atom. The maximum absolute atomic E-state index is 14.2. The van der Waals surface area contributed by atoms with Crippen molar-refractivity contribution < 1.29 is 14.0 Å². The lowest BCUT2D eigenvalue weighted by molar-refractivity contribution is 0.0930. The Kier molecular flexibility index (Phi) is 4.70. The summed E-state index contributed by atoms with van der Waals surface area (Å²) in [5.41, 5.74) is 6.75. The number of nitrogens with zero attached hydrogens (tertiary/aromatic N) is 1. The Hall–Kier alpha value is -2.86. The topological polar surface area (TPSA) is 77.1 Å². The number of hydrogen-bond acceptors (Lipinski definition) is 2. The van der Waals surface area contributed by atoms with Crippen LogP contribution in [0, 0.1) is 5.82 Å². The van der Waals surface area contributed by atoms with E-state index in [9.17, 15) is 14.0 Å². The third kappa shape index (κ3) is 3.28. The Morgan fingerprint density at radius 3 is 2.58 bits per heavy atom. The van der Waals surface area contributed by atoms with Crippen LogP contribution in [0.15, 0.2) is 42.5 Å². The number of fused-ring (bicyclic) bond motifs is 1. The fourth-order valence-electron chi connectivity index (χ4n) is 2.90. The summed E-state index contributed by atoms with van der Waals surface area (Å²) < 4.78 is 16.0. The zero-order chi connectivity index (χ0) is 19.0. The number of benzene rings is 2. The van der Waals surface area contributed by atoms with E-state index in [0.717, 1.165) is 17.0 Å². The van der Waals surface area contributed by atoms with Gasteiger partial charge in [0.05, 0.1) is 6.04 Å². The summed E-state index contributed by atoms with van der Waals surface area (Å²) in [5, 5.41) is 4.23. The molecule has 0 aliphatic rings. The highest BCUT2D eigenvalue weighted by Crippen LogP contribution is 2.24. The Labute approximate surface area is 154 Å². The first kappa shape index (κ1) is 17.9. The molecule has 1 atom stereocenters. The molecule has 2 aromatic carbocycles. The van der Waals surface area contributed by atoms with Gasteiger partial charge in [-0.1, -0.05) is 23.7 Å². The summed E-state index contributed by atoms with van der Waals surface area (Å²) in [6.07, 6.45) is 0. The van der Waals surface area contributed by atoms with Gasteiger partial charge in [0, 0.05) is 34.1 Å².